The van der Waals surface area contributed by atoms with Crippen LogP contribution in [0.3, 0.4) is 0 Å². The summed E-state index contributed by atoms with van der Waals surface area (Å²) >= 11 is 3.28. The first-order valence-corrected chi connectivity index (χ1v) is 9.45. The Morgan fingerprint density at radius 2 is 1.70 bits per heavy atom. The van der Waals surface area contributed by atoms with Gasteiger partial charge in [0.15, 0.2) is 11.4 Å². The predicted octanol–water partition coefficient (Wildman–Crippen LogP) is 1.83. The first-order chi connectivity index (χ1) is 14.2. The molecular formula is C20H16BrN3O6. The fourth-order valence-electron chi connectivity index (χ4n) is 2.67. The maximum absolute atomic E-state index is 12.6. The molecule has 4 N–H and O–H groups in total. The Hall–Kier alpha value is -3.66. The molecule has 2 aromatic carbocycles. The lowest BCUT2D eigenvalue weighted by Crippen LogP contribution is -2.43. The topological polar surface area (TPSA) is 142 Å². The molecule has 1 amide bonds. The van der Waals surface area contributed by atoms with Gasteiger partial charge in [-0.25, -0.2) is 4.79 Å². The van der Waals surface area contributed by atoms with Crippen LogP contribution < -0.4 is 10.9 Å². The molecule has 1 heterocycles. The van der Waals surface area contributed by atoms with Crippen molar-refractivity contribution in [1.82, 2.24) is 15.1 Å². The minimum Gasteiger partial charge on any atom is -0.508 e. The highest BCUT2D eigenvalue weighted by Gasteiger charge is 2.24. The molecule has 0 bridgehead atoms. The lowest BCUT2D eigenvalue weighted by Gasteiger charge is -2.15. The third-order valence-corrected chi connectivity index (χ3v) is 4.71. The molecule has 3 rings (SSSR count). The van der Waals surface area contributed by atoms with Gasteiger partial charge in [-0.2, -0.15) is 9.78 Å². The van der Waals surface area contributed by atoms with Crippen molar-refractivity contribution in [3.8, 4) is 17.2 Å². The second-order valence-electron chi connectivity index (χ2n) is 6.34. The second kappa shape index (κ2) is 8.78. The van der Waals surface area contributed by atoms with Gasteiger partial charge in [-0.15, -0.1) is 0 Å². The van der Waals surface area contributed by atoms with Crippen molar-refractivity contribution >= 4 is 27.8 Å². The number of halogens is 1. The smallest absolute Gasteiger partial charge is 0.326 e. The van der Waals surface area contributed by atoms with Crippen molar-refractivity contribution in [3.05, 3.63) is 80.7 Å². The molecule has 1 aromatic heterocycles. The van der Waals surface area contributed by atoms with Gasteiger partial charge in [-0.1, -0.05) is 28.1 Å². The van der Waals surface area contributed by atoms with Crippen LogP contribution in [0.4, 0.5) is 0 Å². The fourth-order valence-corrected chi connectivity index (χ4v) is 2.93. The number of carboxylic acid groups (broad SMARTS) is 1. The van der Waals surface area contributed by atoms with Crippen LogP contribution in [0.1, 0.15) is 16.1 Å². The molecule has 0 saturated heterocycles. The number of carbonyl (C=O) groups is 2. The van der Waals surface area contributed by atoms with Gasteiger partial charge in [0.05, 0.1) is 5.69 Å². The van der Waals surface area contributed by atoms with E-state index in [2.05, 4.69) is 26.3 Å². The number of phenolic OH excluding ortho intramolecular Hbond substituents is 1. The normalized spacial score (nSPS) is 11.6. The van der Waals surface area contributed by atoms with E-state index in [1.54, 1.807) is 24.3 Å². The molecule has 1 unspecified atom stereocenters. The summed E-state index contributed by atoms with van der Waals surface area (Å²) in [7, 11) is 0. The van der Waals surface area contributed by atoms with Crippen LogP contribution in [0, 0.1) is 0 Å². The Morgan fingerprint density at radius 1 is 1.07 bits per heavy atom. The standard InChI is InChI=1S/C20H16BrN3O6/c21-12-3-5-13(6-4-12)24-17(27)10-16(26)18(23-24)19(28)22-15(20(29)30)9-11-1-7-14(25)8-2-11/h1-8,10,15,25-26H,9H2,(H,22,28)(H,29,30). The van der Waals surface area contributed by atoms with Gasteiger partial charge in [-0.05, 0) is 42.0 Å². The van der Waals surface area contributed by atoms with E-state index in [4.69, 9.17) is 0 Å². The van der Waals surface area contributed by atoms with Gasteiger partial charge < -0.3 is 20.6 Å². The molecule has 0 spiro atoms. The zero-order chi connectivity index (χ0) is 21.8. The van der Waals surface area contributed by atoms with E-state index < -0.39 is 34.9 Å². The Balaban J connectivity index is 1.88. The van der Waals surface area contributed by atoms with Crippen molar-refractivity contribution in [2.24, 2.45) is 0 Å². The molecule has 0 aliphatic carbocycles. The number of carbonyl (C=O) groups excluding carboxylic acids is 1. The monoisotopic (exact) mass is 473 g/mol. The number of nitrogens with one attached hydrogen (secondary N) is 1. The number of benzene rings is 2. The quantitative estimate of drug-likeness (QED) is 0.427. The number of hydrogen-bond donors (Lipinski definition) is 4. The summed E-state index contributed by atoms with van der Waals surface area (Å²) in [5.41, 5.74) is -0.228. The van der Waals surface area contributed by atoms with Gasteiger partial charge in [0.2, 0.25) is 0 Å². The molecule has 0 saturated carbocycles. The van der Waals surface area contributed by atoms with E-state index in [1.165, 1.54) is 24.3 Å². The summed E-state index contributed by atoms with van der Waals surface area (Å²) in [5.74, 6) is -2.89. The summed E-state index contributed by atoms with van der Waals surface area (Å²) in [6, 6.07) is 11.9. The maximum Gasteiger partial charge on any atom is 0.326 e. The average molecular weight is 474 g/mol. The Labute approximate surface area is 178 Å². The van der Waals surface area contributed by atoms with E-state index in [9.17, 15) is 29.7 Å². The number of carboxylic acids is 1. The molecule has 30 heavy (non-hydrogen) atoms. The van der Waals surface area contributed by atoms with Crippen LogP contribution in [0.15, 0.2) is 63.9 Å². The molecule has 3 aromatic rings. The Morgan fingerprint density at radius 3 is 2.30 bits per heavy atom. The third-order valence-electron chi connectivity index (χ3n) is 4.18. The molecule has 0 fully saturated rings. The fraction of sp³-hybridized carbons (Fsp3) is 0.100. The van der Waals surface area contributed by atoms with Crippen molar-refractivity contribution in [1.29, 1.82) is 0 Å². The summed E-state index contributed by atoms with van der Waals surface area (Å²) in [5, 5.41) is 35.0. The van der Waals surface area contributed by atoms with Gasteiger partial charge in [0.25, 0.3) is 11.5 Å². The highest BCUT2D eigenvalue weighted by Crippen LogP contribution is 2.16. The van der Waals surface area contributed by atoms with Crippen LogP contribution >= 0.6 is 15.9 Å². The van der Waals surface area contributed by atoms with Crippen molar-refractivity contribution in [3.63, 3.8) is 0 Å². The molecule has 10 heteroatoms. The summed E-state index contributed by atoms with van der Waals surface area (Å²) < 4.78 is 1.70. The Kier molecular flexibility index (Phi) is 6.17. The lowest BCUT2D eigenvalue weighted by molar-refractivity contribution is -0.139. The predicted molar refractivity (Wildman–Crippen MR) is 110 cm³/mol. The molecule has 9 nitrogen and oxygen atoms in total. The van der Waals surface area contributed by atoms with Crippen LogP contribution in [0.2, 0.25) is 0 Å². The summed E-state index contributed by atoms with van der Waals surface area (Å²) in [6.45, 7) is 0. The molecular weight excluding hydrogens is 458 g/mol. The molecule has 0 aliphatic rings. The van der Waals surface area contributed by atoms with E-state index in [1.807, 2.05) is 0 Å². The molecule has 1 atom stereocenters. The number of hydrogen-bond acceptors (Lipinski definition) is 6. The third kappa shape index (κ3) is 4.84. The Bertz CT molecular complexity index is 1140. The van der Waals surface area contributed by atoms with Crippen molar-refractivity contribution < 1.29 is 24.9 Å². The number of amides is 1. The highest BCUT2D eigenvalue weighted by molar-refractivity contribution is 9.10. The molecule has 0 aliphatic heterocycles. The number of aliphatic carboxylic acids is 1. The average Bonchev–Trinajstić information content (AvgIpc) is 2.70. The first kappa shape index (κ1) is 21.1. The van der Waals surface area contributed by atoms with Crippen LogP contribution in [-0.4, -0.2) is 43.0 Å². The second-order valence-corrected chi connectivity index (χ2v) is 7.26. The summed E-state index contributed by atoms with van der Waals surface area (Å²) in [4.78, 5) is 36.4. The molecule has 154 valence electrons. The van der Waals surface area contributed by atoms with Gasteiger partial charge in [-0.3, -0.25) is 9.59 Å². The van der Waals surface area contributed by atoms with E-state index in [0.29, 0.717) is 11.3 Å². The highest BCUT2D eigenvalue weighted by atomic mass is 79.9. The number of rotatable bonds is 6. The number of aromatic nitrogens is 2. The van der Waals surface area contributed by atoms with Crippen LogP contribution in [-0.2, 0) is 11.2 Å². The van der Waals surface area contributed by atoms with Gasteiger partial charge in [0, 0.05) is 17.0 Å². The minimum atomic E-state index is -1.32. The number of aromatic hydroxyl groups is 2. The lowest BCUT2D eigenvalue weighted by atomic mass is 10.1. The summed E-state index contributed by atoms with van der Waals surface area (Å²) in [6.07, 6.45) is -0.0610. The van der Waals surface area contributed by atoms with Gasteiger partial charge >= 0.3 is 5.97 Å². The van der Waals surface area contributed by atoms with Crippen LogP contribution in [0.25, 0.3) is 5.69 Å². The SMILES string of the molecule is O=C(NC(Cc1ccc(O)cc1)C(=O)O)c1nn(-c2ccc(Br)cc2)c(=O)cc1O. The van der Waals surface area contributed by atoms with Gasteiger partial charge in [0.1, 0.15) is 11.8 Å². The van der Waals surface area contributed by atoms with E-state index in [-0.39, 0.29) is 12.2 Å². The molecule has 0 radical (unpaired) electrons. The van der Waals surface area contributed by atoms with E-state index >= 15 is 0 Å². The van der Waals surface area contributed by atoms with Crippen LogP contribution in [0.5, 0.6) is 11.5 Å². The zero-order valence-electron chi connectivity index (χ0n) is 15.3. The van der Waals surface area contributed by atoms with Crippen molar-refractivity contribution in [2.75, 3.05) is 0 Å². The number of phenols is 1. The minimum absolute atomic E-state index is 0.0268. The van der Waals surface area contributed by atoms with Crippen molar-refractivity contribution in [2.45, 2.75) is 12.5 Å². The zero-order valence-corrected chi connectivity index (χ0v) is 16.9. The van der Waals surface area contributed by atoms with E-state index in [0.717, 1.165) is 15.2 Å². The largest absolute Gasteiger partial charge is 0.508 e. The maximum atomic E-state index is 12.6. The number of nitrogens with zero attached hydrogens (tertiary/aromatic N) is 2. The first-order valence-electron chi connectivity index (χ1n) is 8.65.